The van der Waals surface area contributed by atoms with Gasteiger partial charge in [0.05, 0.1) is 12.1 Å². The average Bonchev–Trinajstić information content (AvgIpc) is 3.11. The largest absolute Gasteiger partial charge is 0.476 e. The standard InChI is InChI=1S/C14H10N2O3S2/c17-13(9-6-20-11-4-2-1-3-8(9)11)15-5-12-16-10(7-21-12)14(18)19/h1-4,6-7H,5H2,(H,15,17)(H,18,19). The molecule has 0 saturated heterocycles. The van der Waals surface area contributed by atoms with E-state index >= 15 is 0 Å². The molecule has 5 nitrogen and oxygen atoms in total. The highest BCUT2D eigenvalue weighted by Crippen LogP contribution is 2.25. The predicted octanol–water partition coefficient (Wildman–Crippen LogP) is 2.99. The van der Waals surface area contributed by atoms with Gasteiger partial charge in [0.2, 0.25) is 0 Å². The highest BCUT2D eigenvalue weighted by atomic mass is 32.1. The van der Waals surface area contributed by atoms with E-state index in [2.05, 4.69) is 10.3 Å². The quantitative estimate of drug-likeness (QED) is 0.775. The van der Waals surface area contributed by atoms with Crippen LogP contribution in [0.25, 0.3) is 10.1 Å². The number of carboxylic acids is 1. The first-order chi connectivity index (χ1) is 10.1. The van der Waals surface area contributed by atoms with Crippen molar-refractivity contribution >= 4 is 44.6 Å². The van der Waals surface area contributed by atoms with E-state index in [1.54, 1.807) is 0 Å². The number of thiophene rings is 1. The Labute approximate surface area is 127 Å². The fourth-order valence-corrected chi connectivity index (χ4v) is 3.54. The molecule has 3 rings (SSSR count). The molecule has 0 saturated carbocycles. The summed E-state index contributed by atoms with van der Waals surface area (Å²) in [5, 5.41) is 16.3. The third kappa shape index (κ3) is 2.79. The van der Waals surface area contributed by atoms with Gasteiger partial charge < -0.3 is 10.4 Å². The summed E-state index contributed by atoms with van der Waals surface area (Å²) in [6.45, 7) is 0.223. The van der Waals surface area contributed by atoms with Gasteiger partial charge in [-0.3, -0.25) is 4.79 Å². The second kappa shape index (κ2) is 5.63. The monoisotopic (exact) mass is 318 g/mol. The van der Waals surface area contributed by atoms with Crippen LogP contribution in [0.4, 0.5) is 0 Å². The summed E-state index contributed by atoms with van der Waals surface area (Å²) in [5.74, 6) is -1.24. The number of hydrogen-bond donors (Lipinski definition) is 2. The number of carbonyl (C=O) groups is 2. The molecule has 106 valence electrons. The zero-order chi connectivity index (χ0) is 14.8. The zero-order valence-electron chi connectivity index (χ0n) is 10.7. The Balaban J connectivity index is 1.72. The van der Waals surface area contributed by atoms with Gasteiger partial charge in [-0.05, 0) is 6.07 Å². The first-order valence-corrected chi connectivity index (χ1v) is 7.83. The fourth-order valence-electron chi connectivity index (χ4n) is 1.90. The number of benzene rings is 1. The number of fused-ring (bicyclic) bond motifs is 1. The van der Waals surface area contributed by atoms with Gasteiger partial charge in [0.1, 0.15) is 5.01 Å². The SMILES string of the molecule is O=C(O)c1csc(CNC(=O)c2csc3ccccc23)n1. The molecule has 1 aromatic carbocycles. The minimum atomic E-state index is -1.06. The van der Waals surface area contributed by atoms with Crippen molar-refractivity contribution in [2.45, 2.75) is 6.54 Å². The topological polar surface area (TPSA) is 79.3 Å². The molecule has 3 aromatic rings. The van der Waals surface area contributed by atoms with Crippen LogP contribution in [0, 0.1) is 0 Å². The maximum Gasteiger partial charge on any atom is 0.355 e. The van der Waals surface area contributed by atoms with Crippen molar-refractivity contribution in [3.63, 3.8) is 0 Å². The van der Waals surface area contributed by atoms with E-state index in [1.165, 1.54) is 28.1 Å². The fraction of sp³-hybridized carbons (Fsp3) is 0.0714. The summed E-state index contributed by atoms with van der Waals surface area (Å²) in [4.78, 5) is 26.9. The Morgan fingerprint density at radius 2 is 2.00 bits per heavy atom. The molecule has 0 aliphatic heterocycles. The highest BCUT2D eigenvalue weighted by molar-refractivity contribution is 7.17. The predicted molar refractivity (Wildman–Crippen MR) is 82.1 cm³/mol. The third-order valence-electron chi connectivity index (χ3n) is 2.90. The van der Waals surface area contributed by atoms with E-state index in [9.17, 15) is 9.59 Å². The molecule has 0 aliphatic carbocycles. The van der Waals surface area contributed by atoms with Crippen LogP contribution in [0.2, 0.25) is 0 Å². The Kier molecular flexibility index (Phi) is 3.68. The molecule has 0 unspecified atom stereocenters. The molecule has 0 radical (unpaired) electrons. The van der Waals surface area contributed by atoms with Crippen LogP contribution in [-0.2, 0) is 6.54 Å². The second-order valence-electron chi connectivity index (χ2n) is 4.26. The van der Waals surface area contributed by atoms with E-state index in [4.69, 9.17) is 5.11 Å². The molecule has 0 aliphatic rings. The Bertz CT molecular complexity index is 822. The van der Waals surface area contributed by atoms with Crippen molar-refractivity contribution in [1.29, 1.82) is 0 Å². The number of nitrogens with zero attached hydrogens (tertiary/aromatic N) is 1. The van der Waals surface area contributed by atoms with E-state index < -0.39 is 5.97 Å². The van der Waals surface area contributed by atoms with Crippen LogP contribution in [-0.4, -0.2) is 22.0 Å². The maximum absolute atomic E-state index is 12.2. The van der Waals surface area contributed by atoms with Crippen LogP contribution >= 0.6 is 22.7 Å². The molecule has 0 fully saturated rings. The molecule has 2 aromatic heterocycles. The van der Waals surface area contributed by atoms with Gasteiger partial charge in [-0.2, -0.15) is 0 Å². The smallest absolute Gasteiger partial charge is 0.355 e. The van der Waals surface area contributed by atoms with E-state index in [1.807, 2.05) is 29.6 Å². The molecular weight excluding hydrogens is 308 g/mol. The van der Waals surface area contributed by atoms with E-state index in [0.29, 0.717) is 10.6 Å². The molecule has 0 bridgehead atoms. The normalized spacial score (nSPS) is 10.7. The number of hydrogen-bond acceptors (Lipinski definition) is 5. The van der Waals surface area contributed by atoms with Crippen LogP contribution in [0.15, 0.2) is 35.0 Å². The van der Waals surface area contributed by atoms with Crippen LogP contribution in [0.5, 0.6) is 0 Å². The highest BCUT2D eigenvalue weighted by Gasteiger charge is 2.13. The van der Waals surface area contributed by atoms with Crippen molar-refractivity contribution < 1.29 is 14.7 Å². The third-order valence-corrected chi connectivity index (χ3v) is 4.71. The average molecular weight is 318 g/mol. The first-order valence-electron chi connectivity index (χ1n) is 6.07. The molecule has 0 atom stereocenters. The molecule has 1 amide bonds. The number of aromatic nitrogens is 1. The molecule has 0 spiro atoms. The van der Waals surface area contributed by atoms with Crippen LogP contribution in [0.3, 0.4) is 0 Å². The summed E-state index contributed by atoms with van der Waals surface area (Å²) in [7, 11) is 0. The van der Waals surface area contributed by atoms with Crippen molar-refractivity contribution in [1.82, 2.24) is 10.3 Å². The summed E-state index contributed by atoms with van der Waals surface area (Å²) in [6, 6.07) is 7.71. The Morgan fingerprint density at radius 1 is 1.19 bits per heavy atom. The zero-order valence-corrected chi connectivity index (χ0v) is 12.3. The summed E-state index contributed by atoms with van der Waals surface area (Å²) in [5.41, 5.74) is 0.635. The van der Waals surface area contributed by atoms with Gasteiger partial charge in [-0.1, -0.05) is 18.2 Å². The van der Waals surface area contributed by atoms with Gasteiger partial charge in [-0.15, -0.1) is 22.7 Å². The molecular formula is C14H10N2O3S2. The van der Waals surface area contributed by atoms with Gasteiger partial charge in [-0.25, -0.2) is 9.78 Å². The van der Waals surface area contributed by atoms with Crippen molar-refractivity contribution in [3.8, 4) is 0 Å². The first kappa shape index (κ1) is 13.7. The van der Waals surface area contributed by atoms with Crippen LogP contribution < -0.4 is 5.32 Å². The van der Waals surface area contributed by atoms with Gasteiger partial charge >= 0.3 is 5.97 Å². The van der Waals surface area contributed by atoms with Crippen molar-refractivity contribution in [2.24, 2.45) is 0 Å². The number of aromatic carboxylic acids is 1. The minimum absolute atomic E-state index is 0.00484. The summed E-state index contributed by atoms with van der Waals surface area (Å²) < 4.78 is 1.06. The molecule has 2 N–H and O–H groups in total. The number of nitrogens with one attached hydrogen (secondary N) is 1. The minimum Gasteiger partial charge on any atom is -0.476 e. The lowest BCUT2D eigenvalue weighted by Gasteiger charge is -2.01. The lowest BCUT2D eigenvalue weighted by molar-refractivity contribution is 0.0691. The number of carbonyl (C=O) groups excluding carboxylic acids is 1. The van der Waals surface area contributed by atoms with Crippen molar-refractivity contribution in [3.05, 3.63) is 51.3 Å². The van der Waals surface area contributed by atoms with Crippen LogP contribution in [0.1, 0.15) is 25.9 Å². The maximum atomic E-state index is 12.2. The lowest BCUT2D eigenvalue weighted by Crippen LogP contribution is -2.22. The van der Waals surface area contributed by atoms with Gasteiger partial charge in [0, 0.05) is 20.8 Å². The number of amides is 1. The number of rotatable bonds is 4. The van der Waals surface area contributed by atoms with E-state index in [-0.39, 0.29) is 18.1 Å². The summed E-state index contributed by atoms with van der Waals surface area (Å²) >= 11 is 2.74. The second-order valence-corrected chi connectivity index (χ2v) is 6.11. The number of thiazole rings is 1. The van der Waals surface area contributed by atoms with Crippen molar-refractivity contribution in [2.75, 3.05) is 0 Å². The van der Waals surface area contributed by atoms with E-state index in [0.717, 1.165) is 10.1 Å². The summed E-state index contributed by atoms with van der Waals surface area (Å²) in [6.07, 6.45) is 0. The number of carboxylic acid groups (broad SMARTS) is 1. The molecule has 2 heterocycles. The Hall–Kier alpha value is -2.25. The molecule has 7 heteroatoms. The van der Waals surface area contributed by atoms with Gasteiger partial charge in [0.15, 0.2) is 5.69 Å². The lowest BCUT2D eigenvalue weighted by atomic mass is 10.2. The van der Waals surface area contributed by atoms with Gasteiger partial charge in [0.25, 0.3) is 5.91 Å². The molecule has 21 heavy (non-hydrogen) atoms. The Morgan fingerprint density at radius 3 is 2.76 bits per heavy atom.